The molecule has 1 aliphatic carbocycles. The third-order valence-electron chi connectivity index (χ3n) is 6.39. The number of nitrogens with zero attached hydrogens (tertiary/aromatic N) is 1. The third kappa shape index (κ3) is 2.40. The smallest absolute Gasteiger partial charge is 0.176 e. The largest absolute Gasteiger partial charge is 0.316 e. The molecule has 0 radical (unpaired) electrons. The monoisotopic (exact) mass is 329 g/mol. The fraction of sp³-hybridized carbons (Fsp3) is 0.571. The van der Waals surface area contributed by atoms with Crippen LogP contribution in [0.2, 0.25) is 0 Å². The quantitative estimate of drug-likeness (QED) is 0.581. The molecule has 1 heterocycles. The van der Waals surface area contributed by atoms with Crippen molar-refractivity contribution in [2.75, 3.05) is 0 Å². The molecule has 0 aliphatic heterocycles. The van der Waals surface area contributed by atoms with Crippen LogP contribution in [0.25, 0.3) is 10.9 Å². The van der Waals surface area contributed by atoms with Gasteiger partial charge in [-0.15, -0.1) is 0 Å². The van der Waals surface area contributed by atoms with E-state index in [2.05, 4.69) is 34.6 Å². The molecule has 1 atom stereocenters. The zero-order valence-corrected chi connectivity index (χ0v) is 15.4. The molecule has 3 heteroatoms. The number of carbonyl (C=O) groups is 1. The van der Waals surface area contributed by atoms with Crippen molar-refractivity contribution < 1.29 is 9.18 Å². The van der Waals surface area contributed by atoms with Crippen molar-refractivity contribution >= 4 is 16.7 Å². The molecule has 1 aromatic carbocycles. The molecule has 1 saturated carbocycles. The van der Waals surface area contributed by atoms with Crippen molar-refractivity contribution in [3.8, 4) is 0 Å². The van der Waals surface area contributed by atoms with Crippen molar-refractivity contribution in [1.82, 2.24) is 4.57 Å². The Bertz CT molecular complexity index is 757. The van der Waals surface area contributed by atoms with Gasteiger partial charge in [-0.25, -0.2) is 4.39 Å². The molecule has 130 valence electrons. The van der Waals surface area contributed by atoms with Crippen molar-refractivity contribution in [3.05, 3.63) is 36.0 Å². The van der Waals surface area contributed by atoms with E-state index >= 15 is 0 Å². The Hall–Kier alpha value is -1.64. The summed E-state index contributed by atoms with van der Waals surface area (Å²) in [4.78, 5) is 13.2. The summed E-state index contributed by atoms with van der Waals surface area (Å²) in [5.41, 5.74) is 1.48. The number of fused-ring (bicyclic) bond motifs is 1. The topological polar surface area (TPSA) is 22.0 Å². The van der Waals surface area contributed by atoms with Gasteiger partial charge in [0.2, 0.25) is 0 Å². The lowest BCUT2D eigenvalue weighted by Gasteiger charge is -2.10. The highest BCUT2D eigenvalue weighted by Crippen LogP contribution is 2.69. The van der Waals surface area contributed by atoms with Gasteiger partial charge in [-0.2, -0.15) is 0 Å². The Kier molecular flexibility index (Phi) is 4.09. The van der Waals surface area contributed by atoms with Gasteiger partial charge in [0.05, 0.1) is 5.52 Å². The van der Waals surface area contributed by atoms with Crippen LogP contribution in [-0.4, -0.2) is 10.4 Å². The van der Waals surface area contributed by atoms with E-state index in [4.69, 9.17) is 0 Å². The Morgan fingerprint density at radius 3 is 2.42 bits per heavy atom. The van der Waals surface area contributed by atoms with Gasteiger partial charge < -0.3 is 4.57 Å². The second-order valence-corrected chi connectivity index (χ2v) is 8.28. The SMILES string of the molecule is CCCCC(F)n1cc(C(=O)C2C(C)(C)C2(C)C)c2ccccc21. The Balaban J connectivity index is 2.02. The van der Waals surface area contributed by atoms with Crippen LogP contribution in [0, 0.1) is 16.7 Å². The van der Waals surface area contributed by atoms with Gasteiger partial charge >= 0.3 is 0 Å². The zero-order chi connectivity index (χ0) is 17.7. The first-order chi connectivity index (χ1) is 11.2. The summed E-state index contributed by atoms with van der Waals surface area (Å²) in [5.74, 6) is 0.153. The van der Waals surface area contributed by atoms with Gasteiger partial charge in [0.15, 0.2) is 12.1 Å². The second-order valence-electron chi connectivity index (χ2n) is 8.28. The molecule has 0 spiro atoms. The van der Waals surface area contributed by atoms with Gasteiger partial charge in [0, 0.05) is 23.1 Å². The number of benzene rings is 1. The average molecular weight is 329 g/mol. The molecular formula is C21H28FNO. The van der Waals surface area contributed by atoms with Crippen molar-refractivity contribution in [1.29, 1.82) is 0 Å². The number of ketones is 1. The standard InChI is InChI=1S/C21H28FNO/c1-6-7-12-17(22)23-13-15(14-10-8-9-11-16(14)23)18(24)19-20(2,3)21(19,4)5/h8-11,13,17,19H,6-7,12H2,1-5H3. The molecule has 1 aromatic heterocycles. The van der Waals surface area contributed by atoms with E-state index in [0.29, 0.717) is 12.0 Å². The molecule has 3 rings (SSSR count). The van der Waals surface area contributed by atoms with Crippen LogP contribution in [0.15, 0.2) is 30.5 Å². The summed E-state index contributed by atoms with van der Waals surface area (Å²) >= 11 is 0. The van der Waals surface area contributed by atoms with Crippen LogP contribution in [-0.2, 0) is 0 Å². The highest BCUT2D eigenvalue weighted by Gasteiger charge is 2.68. The predicted molar refractivity (Wildman–Crippen MR) is 97.0 cm³/mol. The minimum absolute atomic E-state index is 0.00189. The van der Waals surface area contributed by atoms with E-state index in [-0.39, 0.29) is 22.5 Å². The van der Waals surface area contributed by atoms with Gasteiger partial charge in [-0.05, 0) is 29.7 Å². The maximum Gasteiger partial charge on any atom is 0.176 e. The van der Waals surface area contributed by atoms with Crippen molar-refractivity contribution in [2.24, 2.45) is 16.7 Å². The molecule has 24 heavy (non-hydrogen) atoms. The summed E-state index contributed by atoms with van der Waals surface area (Å²) in [6.45, 7) is 10.6. The van der Waals surface area contributed by atoms with Crippen LogP contribution < -0.4 is 0 Å². The van der Waals surface area contributed by atoms with Crippen molar-refractivity contribution in [3.63, 3.8) is 0 Å². The van der Waals surface area contributed by atoms with Gasteiger partial charge in [-0.3, -0.25) is 4.79 Å². The van der Waals surface area contributed by atoms with Gasteiger partial charge in [-0.1, -0.05) is 59.2 Å². The molecule has 0 saturated heterocycles. The second kappa shape index (κ2) is 5.72. The lowest BCUT2D eigenvalue weighted by Crippen LogP contribution is -2.07. The first kappa shape index (κ1) is 17.2. The molecule has 0 amide bonds. The molecular weight excluding hydrogens is 301 g/mol. The number of aromatic nitrogens is 1. The maximum atomic E-state index is 14.7. The number of hydrogen-bond acceptors (Lipinski definition) is 1. The van der Waals surface area contributed by atoms with Crippen LogP contribution in [0.1, 0.15) is 70.5 Å². The van der Waals surface area contributed by atoms with E-state index < -0.39 is 6.30 Å². The molecule has 2 aromatic rings. The zero-order valence-electron chi connectivity index (χ0n) is 15.4. The highest BCUT2D eigenvalue weighted by molar-refractivity contribution is 6.11. The fourth-order valence-corrected chi connectivity index (χ4v) is 4.15. The third-order valence-corrected chi connectivity index (χ3v) is 6.39. The van der Waals surface area contributed by atoms with Crippen molar-refractivity contribution in [2.45, 2.75) is 60.2 Å². The minimum Gasteiger partial charge on any atom is -0.316 e. The predicted octanol–water partition coefficient (Wildman–Crippen LogP) is 6.16. The number of hydrogen-bond donors (Lipinski definition) is 0. The Morgan fingerprint density at radius 2 is 1.83 bits per heavy atom. The van der Waals surface area contributed by atoms with Gasteiger partial charge in [0.1, 0.15) is 0 Å². The number of alkyl halides is 1. The summed E-state index contributed by atoms with van der Waals surface area (Å²) in [6.07, 6.45) is 2.98. The summed E-state index contributed by atoms with van der Waals surface area (Å²) in [7, 11) is 0. The molecule has 1 aliphatic rings. The fourth-order valence-electron chi connectivity index (χ4n) is 4.15. The minimum atomic E-state index is -1.07. The summed E-state index contributed by atoms with van der Waals surface area (Å²) in [6, 6.07) is 7.68. The van der Waals surface area contributed by atoms with E-state index in [1.165, 1.54) is 0 Å². The lowest BCUT2D eigenvalue weighted by atomic mass is 10.0. The van der Waals surface area contributed by atoms with Crippen LogP contribution in [0.4, 0.5) is 4.39 Å². The summed E-state index contributed by atoms with van der Waals surface area (Å²) < 4.78 is 16.4. The number of rotatable bonds is 6. The van der Waals surface area contributed by atoms with Crippen LogP contribution in [0.5, 0.6) is 0 Å². The first-order valence-electron chi connectivity index (χ1n) is 9.01. The molecule has 0 N–H and O–H groups in total. The number of Topliss-reactive ketones (excluding diaryl/α,β-unsaturated/α-hetero) is 1. The normalized spacial score (nSPS) is 20.2. The number of unbranched alkanes of at least 4 members (excludes halogenated alkanes) is 1. The van der Waals surface area contributed by atoms with E-state index in [1.807, 2.05) is 24.3 Å². The maximum absolute atomic E-state index is 14.7. The first-order valence-corrected chi connectivity index (χ1v) is 9.01. The molecule has 0 bridgehead atoms. The van der Waals surface area contributed by atoms with E-state index in [1.54, 1.807) is 10.8 Å². The van der Waals surface area contributed by atoms with Crippen LogP contribution >= 0.6 is 0 Å². The van der Waals surface area contributed by atoms with E-state index in [9.17, 15) is 9.18 Å². The lowest BCUT2D eigenvalue weighted by molar-refractivity contribution is 0.0946. The van der Waals surface area contributed by atoms with E-state index in [0.717, 1.165) is 23.7 Å². The van der Waals surface area contributed by atoms with Crippen LogP contribution in [0.3, 0.4) is 0 Å². The number of para-hydroxylation sites is 1. The summed E-state index contributed by atoms with van der Waals surface area (Å²) in [5, 5.41) is 0.875. The highest BCUT2D eigenvalue weighted by atomic mass is 19.1. The Labute approximate surface area is 144 Å². The average Bonchev–Trinajstić information content (AvgIpc) is 2.85. The molecule has 1 unspecified atom stereocenters. The number of carbonyl (C=O) groups excluding carboxylic acids is 1. The Morgan fingerprint density at radius 1 is 1.21 bits per heavy atom. The molecule has 2 nitrogen and oxygen atoms in total. The van der Waals surface area contributed by atoms with Gasteiger partial charge in [0.25, 0.3) is 0 Å². The molecule has 1 fully saturated rings. The number of halogens is 1.